The second kappa shape index (κ2) is 3.71. The van der Waals surface area contributed by atoms with Crippen LogP contribution in [0.1, 0.15) is 13.8 Å². The molecule has 0 spiro atoms. The predicted molar refractivity (Wildman–Crippen MR) is 58.3 cm³/mol. The summed E-state index contributed by atoms with van der Waals surface area (Å²) >= 11 is 0. The summed E-state index contributed by atoms with van der Waals surface area (Å²) in [4.78, 5) is 2.14. The summed E-state index contributed by atoms with van der Waals surface area (Å²) in [5.41, 5.74) is 0. The van der Waals surface area contributed by atoms with Crippen molar-refractivity contribution in [2.45, 2.75) is 26.0 Å². The van der Waals surface area contributed by atoms with Crippen molar-refractivity contribution in [2.75, 3.05) is 24.6 Å². The van der Waals surface area contributed by atoms with Gasteiger partial charge in [-0.1, -0.05) is 13.8 Å². The second-order valence-electron chi connectivity index (χ2n) is 5.12. The van der Waals surface area contributed by atoms with Crippen molar-refractivity contribution in [2.24, 2.45) is 11.8 Å². The molecule has 15 heavy (non-hydrogen) atoms. The van der Waals surface area contributed by atoms with E-state index in [4.69, 9.17) is 0 Å². The van der Waals surface area contributed by atoms with Crippen LogP contribution in [0.25, 0.3) is 0 Å². The first kappa shape index (κ1) is 11.4. The van der Waals surface area contributed by atoms with Gasteiger partial charge in [-0.3, -0.25) is 4.90 Å². The van der Waals surface area contributed by atoms with Gasteiger partial charge in [0.1, 0.15) is 0 Å². The van der Waals surface area contributed by atoms with Crippen molar-refractivity contribution in [1.82, 2.24) is 4.90 Å². The summed E-state index contributed by atoms with van der Waals surface area (Å²) in [7, 11) is -3.01. The monoisotopic (exact) mass is 233 g/mol. The summed E-state index contributed by atoms with van der Waals surface area (Å²) < 4.78 is 22.8. The molecule has 88 valence electrons. The lowest BCUT2D eigenvalue weighted by Gasteiger charge is -2.25. The van der Waals surface area contributed by atoms with Gasteiger partial charge in [-0.2, -0.15) is 0 Å². The number of rotatable bonds is 1. The van der Waals surface area contributed by atoms with Gasteiger partial charge in [0.25, 0.3) is 0 Å². The third-order valence-electron chi connectivity index (χ3n) is 3.78. The molecule has 2 rings (SSSR count). The first-order valence-electron chi connectivity index (χ1n) is 5.51. The number of hydrogen-bond acceptors (Lipinski definition) is 4. The summed E-state index contributed by atoms with van der Waals surface area (Å²) in [5, 5.41) is 9.74. The van der Waals surface area contributed by atoms with Crippen LogP contribution in [0.15, 0.2) is 0 Å². The fourth-order valence-corrected chi connectivity index (χ4v) is 4.44. The normalized spacial score (nSPS) is 46.1. The highest BCUT2D eigenvalue weighted by atomic mass is 32.2. The van der Waals surface area contributed by atoms with Crippen molar-refractivity contribution < 1.29 is 13.5 Å². The summed E-state index contributed by atoms with van der Waals surface area (Å²) in [6.45, 7) is 6.19. The molecule has 2 aliphatic heterocycles. The third kappa shape index (κ3) is 2.19. The van der Waals surface area contributed by atoms with Crippen molar-refractivity contribution >= 4 is 9.84 Å². The molecule has 1 N–H and O–H groups in total. The maximum Gasteiger partial charge on any atom is 0.154 e. The lowest BCUT2D eigenvalue weighted by Crippen LogP contribution is -2.41. The van der Waals surface area contributed by atoms with Gasteiger partial charge in [-0.25, -0.2) is 8.42 Å². The van der Waals surface area contributed by atoms with E-state index in [0.29, 0.717) is 11.8 Å². The predicted octanol–water partition coefficient (Wildman–Crippen LogP) is -0.268. The molecule has 2 saturated heterocycles. The van der Waals surface area contributed by atoms with E-state index in [1.807, 2.05) is 0 Å². The number of hydrogen-bond donors (Lipinski definition) is 1. The van der Waals surface area contributed by atoms with Gasteiger partial charge in [0.15, 0.2) is 9.84 Å². The molecule has 2 fully saturated rings. The first-order valence-corrected chi connectivity index (χ1v) is 7.34. The van der Waals surface area contributed by atoms with E-state index in [-0.39, 0.29) is 17.5 Å². The minimum atomic E-state index is -3.01. The topological polar surface area (TPSA) is 57.6 Å². The molecule has 0 bridgehead atoms. The number of nitrogens with zero attached hydrogens (tertiary/aromatic N) is 1. The number of likely N-dealkylation sites (tertiary alicyclic amines) is 1. The average Bonchev–Trinajstić information content (AvgIpc) is 2.54. The molecule has 4 unspecified atom stereocenters. The number of aliphatic hydroxyl groups excluding tert-OH is 1. The first-order chi connectivity index (χ1) is 6.89. The van der Waals surface area contributed by atoms with E-state index in [9.17, 15) is 13.5 Å². The van der Waals surface area contributed by atoms with Crippen LogP contribution < -0.4 is 0 Å². The molecule has 0 radical (unpaired) electrons. The van der Waals surface area contributed by atoms with E-state index in [0.717, 1.165) is 13.1 Å². The Labute approximate surface area is 91.2 Å². The molecular formula is C10H19NO3S. The van der Waals surface area contributed by atoms with Crippen LogP contribution in [0.3, 0.4) is 0 Å². The fourth-order valence-electron chi connectivity index (χ4n) is 2.60. The zero-order chi connectivity index (χ0) is 11.2. The number of aliphatic hydroxyl groups is 1. The Hall–Kier alpha value is -0.130. The molecule has 0 aromatic heterocycles. The SMILES string of the molecule is CC1CN(C2CS(=O)(=O)CC2O)CC1C. The fraction of sp³-hybridized carbons (Fsp3) is 1.00. The molecular weight excluding hydrogens is 214 g/mol. The average molecular weight is 233 g/mol. The zero-order valence-corrected chi connectivity index (χ0v) is 10.1. The van der Waals surface area contributed by atoms with E-state index >= 15 is 0 Å². The number of sulfone groups is 1. The van der Waals surface area contributed by atoms with Crippen LogP contribution in [0.4, 0.5) is 0 Å². The van der Waals surface area contributed by atoms with Gasteiger partial charge in [-0.05, 0) is 11.8 Å². The largest absolute Gasteiger partial charge is 0.390 e. The van der Waals surface area contributed by atoms with Gasteiger partial charge < -0.3 is 5.11 Å². The summed E-state index contributed by atoms with van der Waals surface area (Å²) in [6, 6.07) is -0.164. The molecule has 2 aliphatic rings. The van der Waals surface area contributed by atoms with Crippen molar-refractivity contribution in [3.8, 4) is 0 Å². The zero-order valence-electron chi connectivity index (χ0n) is 9.26. The Bertz CT molecular complexity index is 331. The lowest BCUT2D eigenvalue weighted by molar-refractivity contribution is 0.0955. The molecule has 0 amide bonds. The molecule has 0 aromatic carbocycles. The summed E-state index contributed by atoms with van der Waals surface area (Å²) in [6.07, 6.45) is -0.688. The van der Waals surface area contributed by atoms with Gasteiger partial charge in [-0.15, -0.1) is 0 Å². The van der Waals surface area contributed by atoms with Crippen molar-refractivity contribution in [1.29, 1.82) is 0 Å². The molecule has 0 aliphatic carbocycles. The second-order valence-corrected chi connectivity index (χ2v) is 7.27. The smallest absolute Gasteiger partial charge is 0.154 e. The van der Waals surface area contributed by atoms with Crippen molar-refractivity contribution in [3.05, 3.63) is 0 Å². The Morgan fingerprint density at radius 3 is 2.07 bits per heavy atom. The van der Waals surface area contributed by atoms with Crippen LogP contribution in [0.5, 0.6) is 0 Å². The van der Waals surface area contributed by atoms with E-state index in [1.54, 1.807) is 0 Å². The molecule has 4 nitrogen and oxygen atoms in total. The third-order valence-corrected chi connectivity index (χ3v) is 5.48. The lowest BCUT2D eigenvalue weighted by atomic mass is 10.0. The minimum Gasteiger partial charge on any atom is -0.390 e. The maximum absolute atomic E-state index is 11.4. The van der Waals surface area contributed by atoms with Gasteiger partial charge >= 0.3 is 0 Å². The van der Waals surface area contributed by atoms with Crippen LogP contribution in [-0.2, 0) is 9.84 Å². The van der Waals surface area contributed by atoms with E-state index < -0.39 is 15.9 Å². The standard InChI is InChI=1S/C10H19NO3S/c1-7-3-11(4-8(7)2)9-5-15(13,14)6-10(9)12/h7-10,12H,3-6H2,1-2H3. The Morgan fingerprint density at radius 2 is 1.67 bits per heavy atom. The summed E-state index contributed by atoms with van der Waals surface area (Å²) in [5.74, 6) is 1.27. The van der Waals surface area contributed by atoms with Crippen molar-refractivity contribution in [3.63, 3.8) is 0 Å². The van der Waals surface area contributed by atoms with Gasteiger partial charge in [0.05, 0.1) is 23.7 Å². The Balaban J connectivity index is 2.07. The molecule has 4 atom stereocenters. The molecule has 0 aromatic rings. The molecule has 0 saturated carbocycles. The van der Waals surface area contributed by atoms with Crippen LogP contribution in [-0.4, -0.2) is 55.2 Å². The highest BCUT2D eigenvalue weighted by molar-refractivity contribution is 7.91. The van der Waals surface area contributed by atoms with Crippen LogP contribution in [0.2, 0.25) is 0 Å². The van der Waals surface area contributed by atoms with Crippen LogP contribution in [0, 0.1) is 11.8 Å². The highest BCUT2D eigenvalue weighted by Gasteiger charge is 2.42. The Morgan fingerprint density at radius 1 is 1.13 bits per heavy atom. The van der Waals surface area contributed by atoms with E-state index in [2.05, 4.69) is 18.7 Å². The van der Waals surface area contributed by atoms with Gasteiger partial charge in [0, 0.05) is 13.1 Å². The van der Waals surface area contributed by atoms with Gasteiger partial charge in [0.2, 0.25) is 0 Å². The Kier molecular flexibility index (Phi) is 2.81. The van der Waals surface area contributed by atoms with Crippen LogP contribution >= 0.6 is 0 Å². The molecule has 2 heterocycles. The molecule has 5 heteroatoms. The maximum atomic E-state index is 11.4. The van der Waals surface area contributed by atoms with E-state index in [1.165, 1.54) is 0 Å². The highest BCUT2D eigenvalue weighted by Crippen LogP contribution is 2.28. The minimum absolute atomic E-state index is 0.0586. The quantitative estimate of drug-likeness (QED) is 0.677.